The van der Waals surface area contributed by atoms with Gasteiger partial charge < -0.3 is 15.4 Å². The Hall–Kier alpha value is -2.58. The van der Waals surface area contributed by atoms with Crippen molar-refractivity contribution in [3.63, 3.8) is 0 Å². The van der Waals surface area contributed by atoms with Gasteiger partial charge in [0, 0.05) is 10.6 Å². The molecule has 2 aromatic rings. The molecule has 1 heterocycles. The van der Waals surface area contributed by atoms with Gasteiger partial charge in [0.15, 0.2) is 0 Å². The summed E-state index contributed by atoms with van der Waals surface area (Å²) in [6.45, 7) is 5.01. The predicted octanol–water partition coefficient (Wildman–Crippen LogP) is 3.09. The number of nitrogens with one attached hydrogen (secondary N) is 2. The van der Waals surface area contributed by atoms with Crippen LogP contribution in [0.1, 0.15) is 30.4 Å². The normalized spacial score (nSPS) is 10.9. The number of benzene rings is 1. The first-order chi connectivity index (χ1) is 13.6. The minimum absolute atomic E-state index is 0.248. The number of rotatable bonds is 7. The van der Waals surface area contributed by atoms with Gasteiger partial charge in [0.25, 0.3) is 5.91 Å². The lowest BCUT2D eigenvalue weighted by Gasteiger charge is -2.27. The number of hydrogen-bond donors (Lipinski definition) is 2. The Labute approximate surface area is 179 Å². The molecule has 0 spiro atoms. The molecule has 0 aliphatic rings. The highest BCUT2D eigenvalue weighted by Gasteiger charge is 2.25. The largest absolute Gasteiger partial charge is 0.495 e. The van der Waals surface area contributed by atoms with Crippen molar-refractivity contribution in [3.8, 4) is 5.75 Å². The molecule has 0 atom stereocenters. The predicted molar refractivity (Wildman–Crippen MR) is 115 cm³/mol. The molecule has 2 N–H and O–H groups in total. The zero-order chi connectivity index (χ0) is 21.6. The maximum Gasteiger partial charge on any atom is 0.261 e. The molecule has 1 aromatic heterocycles. The summed E-state index contributed by atoms with van der Waals surface area (Å²) in [5.41, 5.74) is -0.114. The Kier molecular flexibility index (Phi) is 7.64. The van der Waals surface area contributed by atoms with Gasteiger partial charge in [-0.1, -0.05) is 17.7 Å². The number of thiophene rings is 1. The third-order valence-corrected chi connectivity index (χ3v) is 4.80. The second kappa shape index (κ2) is 9.76. The van der Waals surface area contributed by atoms with E-state index in [4.69, 9.17) is 16.3 Å². The number of nitrogens with zero attached hydrogens (tertiary/aromatic N) is 1. The van der Waals surface area contributed by atoms with Gasteiger partial charge in [-0.2, -0.15) is 0 Å². The molecule has 156 valence electrons. The quantitative estimate of drug-likeness (QED) is 0.696. The Morgan fingerprint density at radius 1 is 1.21 bits per heavy atom. The van der Waals surface area contributed by atoms with Gasteiger partial charge in [0.05, 0.1) is 24.2 Å². The topological polar surface area (TPSA) is 87.7 Å². The molecular formula is C20H24ClN3O4S. The second-order valence-corrected chi connectivity index (χ2v) is 8.64. The highest BCUT2D eigenvalue weighted by Crippen LogP contribution is 2.31. The molecule has 3 amide bonds. The molecular weight excluding hydrogens is 414 g/mol. The van der Waals surface area contributed by atoms with Crippen molar-refractivity contribution >= 4 is 46.3 Å². The highest BCUT2D eigenvalue weighted by molar-refractivity contribution is 7.12. The van der Waals surface area contributed by atoms with Crippen LogP contribution >= 0.6 is 22.9 Å². The van der Waals surface area contributed by atoms with E-state index in [1.807, 2.05) is 20.8 Å². The van der Waals surface area contributed by atoms with Gasteiger partial charge in [-0.05, 0) is 50.4 Å². The van der Waals surface area contributed by atoms with Gasteiger partial charge in [-0.25, -0.2) is 0 Å². The minimum atomic E-state index is -0.473. The minimum Gasteiger partial charge on any atom is -0.495 e. The van der Waals surface area contributed by atoms with Crippen molar-refractivity contribution in [1.29, 1.82) is 0 Å². The van der Waals surface area contributed by atoms with Gasteiger partial charge in [-0.3, -0.25) is 19.3 Å². The smallest absolute Gasteiger partial charge is 0.261 e. The van der Waals surface area contributed by atoms with E-state index in [0.717, 1.165) is 0 Å². The highest BCUT2D eigenvalue weighted by atomic mass is 35.5. The standard InChI is InChI=1S/C20H24ClN3O4S/c1-20(2,3)23-17(25)12-24(14-10-13(21)7-8-15(14)28-4)18(26)11-22-19(27)16-6-5-9-29-16/h5-10H,11-12H2,1-4H3,(H,22,27)(H,23,25). The number of carbonyl (C=O) groups excluding carboxylic acids is 3. The van der Waals surface area contributed by atoms with Crippen molar-refractivity contribution in [2.24, 2.45) is 0 Å². The molecule has 2 rings (SSSR count). The Morgan fingerprint density at radius 3 is 2.52 bits per heavy atom. The van der Waals surface area contributed by atoms with Crippen LogP contribution in [-0.2, 0) is 9.59 Å². The lowest BCUT2D eigenvalue weighted by molar-refractivity contribution is -0.124. The first-order valence-corrected chi connectivity index (χ1v) is 10.1. The van der Waals surface area contributed by atoms with E-state index in [2.05, 4.69) is 10.6 Å². The number of hydrogen-bond acceptors (Lipinski definition) is 5. The molecule has 0 fully saturated rings. The molecule has 0 aliphatic heterocycles. The van der Waals surface area contributed by atoms with Crippen LogP contribution in [0.2, 0.25) is 5.02 Å². The van der Waals surface area contributed by atoms with Crippen LogP contribution in [0, 0.1) is 0 Å². The fourth-order valence-electron chi connectivity index (χ4n) is 2.53. The summed E-state index contributed by atoms with van der Waals surface area (Å²) in [7, 11) is 1.46. The first-order valence-electron chi connectivity index (χ1n) is 8.87. The first kappa shape index (κ1) is 22.7. The van der Waals surface area contributed by atoms with Crippen molar-refractivity contribution in [2.75, 3.05) is 25.1 Å². The van der Waals surface area contributed by atoms with Gasteiger partial charge in [0.2, 0.25) is 11.8 Å². The number of amides is 3. The molecule has 1 aromatic carbocycles. The van der Waals surface area contributed by atoms with E-state index in [9.17, 15) is 14.4 Å². The number of anilines is 1. The zero-order valence-electron chi connectivity index (χ0n) is 16.7. The molecule has 0 aliphatic carbocycles. The van der Waals surface area contributed by atoms with Gasteiger partial charge in [-0.15, -0.1) is 11.3 Å². The summed E-state index contributed by atoms with van der Waals surface area (Å²) in [5, 5.41) is 7.57. The third kappa shape index (κ3) is 6.76. The maximum absolute atomic E-state index is 12.9. The summed E-state index contributed by atoms with van der Waals surface area (Å²) in [5.74, 6) is -0.793. The molecule has 0 bridgehead atoms. The van der Waals surface area contributed by atoms with E-state index in [1.54, 1.807) is 35.7 Å². The van der Waals surface area contributed by atoms with E-state index in [-0.39, 0.29) is 24.9 Å². The van der Waals surface area contributed by atoms with Crippen LogP contribution in [0.25, 0.3) is 0 Å². The number of ether oxygens (including phenoxy) is 1. The van der Waals surface area contributed by atoms with Crippen LogP contribution in [0.3, 0.4) is 0 Å². The average Bonchev–Trinajstić information content (AvgIpc) is 3.17. The van der Waals surface area contributed by atoms with Crippen molar-refractivity contribution < 1.29 is 19.1 Å². The van der Waals surface area contributed by atoms with Crippen LogP contribution in [0.15, 0.2) is 35.7 Å². The fourth-order valence-corrected chi connectivity index (χ4v) is 3.34. The van der Waals surface area contributed by atoms with Gasteiger partial charge >= 0.3 is 0 Å². The summed E-state index contributed by atoms with van der Waals surface area (Å²) in [4.78, 5) is 39.3. The molecule has 0 saturated carbocycles. The van der Waals surface area contributed by atoms with Gasteiger partial charge in [0.1, 0.15) is 12.3 Å². The number of methoxy groups -OCH3 is 1. The number of carbonyl (C=O) groups is 3. The monoisotopic (exact) mass is 437 g/mol. The van der Waals surface area contributed by atoms with E-state index in [1.165, 1.54) is 23.3 Å². The van der Waals surface area contributed by atoms with E-state index < -0.39 is 11.4 Å². The van der Waals surface area contributed by atoms with Crippen LogP contribution in [0.4, 0.5) is 5.69 Å². The Bertz CT molecular complexity index is 878. The Balaban J connectivity index is 2.24. The van der Waals surface area contributed by atoms with Crippen LogP contribution in [0.5, 0.6) is 5.75 Å². The molecule has 0 saturated heterocycles. The van der Waals surface area contributed by atoms with E-state index >= 15 is 0 Å². The van der Waals surface area contributed by atoms with Crippen molar-refractivity contribution in [1.82, 2.24) is 10.6 Å². The lowest BCUT2D eigenvalue weighted by Crippen LogP contribution is -2.49. The second-order valence-electron chi connectivity index (χ2n) is 7.25. The molecule has 29 heavy (non-hydrogen) atoms. The molecule has 0 radical (unpaired) electrons. The molecule has 0 unspecified atom stereocenters. The lowest BCUT2D eigenvalue weighted by atomic mass is 10.1. The number of halogens is 1. The molecule has 7 nitrogen and oxygen atoms in total. The average molecular weight is 438 g/mol. The van der Waals surface area contributed by atoms with Crippen LogP contribution < -0.4 is 20.3 Å². The molecule has 9 heteroatoms. The van der Waals surface area contributed by atoms with Crippen LogP contribution in [-0.4, -0.2) is 43.5 Å². The van der Waals surface area contributed by atoms with Crippen molar-refractivity contribution in [2.45, 2.75) is 26.3 Å². The fraction of sp³-hybridized carbons (Fsp3) is 0.350. The third-order valence-electron chi connectivity index (χ3n) is 3.69. The summed E-state index contributed by atoms with van der Waals surface area (Å²) < 4.78 is 5.33. The SMILES string of the molecule is COc1ccc(Cl)cc1N(CC(=O)NC(C)(C)C)C(=O)CNC(=O)c1cccs1. The van der Waals surface area contributed by atoms with Crippen molar-refractivity contribution in [3.05, 3.63) is 45.6 Å². The summed E-state index contributed by atoms with van der Waals surface area (Å²) in [6, 6.07) is 8.20. The zero-order valence-corrected chi connectivity index (χ0v) is 18.3. The Morgan fingerprint density at radius 2 is 1.93 bits per heavy atom. The van der Waals surface area contributed by atoms with E-state index in [0.29, 0.717) is 21.3 Å². The summed E-state index contributed by atoms with van der Waals surface area (Å²) in [6.07, 6.45) is 0. The maximum atomic E-state index is 12.9. The summed E-state index contributed by atoms with van der Waals surface area (Å²) >= 11 is 7.37.